The first-order chi connectivity index (χ1) is 19.4. The van der Waals surface area contributed by atoms with E-state index in [1.54, 1.807) is 6.92 Å². The number of nitrogens with zero attached hydrogens (tertiary/aromatic N) is 3. The molecular weight excluding hydrogens is 572 g/mol. The third-order valence-corrected chi connectivity index (χ3v) is 6.89. The summed E-state index contributed by atoms with van der Waals surface area (Å²) in [4.78, 5) is 17.9. The minimum atomic E-state index is -4.55. The Morgan fingerprint density at radius 3 is 2.51 bits per heavy atom. The molecule has 216 valence electrons. The second kappa shape index (κ2) is 11.8. The number of sulfonamides is 1. The monoisotopic (exact) mass is 594 g/mol. The highest BCUT2D eigenvalue weighted by Gasteiger charge is 2.29. The maximum absolute atomic E-state index is 15.5. The topological polar surface area (TPSA) is 124 Å². The Labute approximate surface area is 231 Å². The van der Waals surface area contributed by atoms with E-state index in [-0.39, 0.29) is 51.3 Å². The minimum absolute atomic E-state index is 0.0229. The first-order valence-corrected chi connectivity index (χ1v) is 13.3. The van der Waals surface area contributed by atoms with E-state index in [0.29, 0.717) is 0 Å². The zero-order valence-electron chi connectivity index (χ0n) is 21.5. The van der Waals surface area contributed by atoms with Crippen LogP contribution >= 0.6 is 0 Å². The van der Waals surface area contributed by atoms with Crippen molar-refractivity contribution in [3.63, 3.8) is 0 Å². The van der Waals surface area contributed by atoms with E-state index < -0.39 is 34.5 Å². The van der Waals surface area contributed by atoms with E-state index in [9.17, 15) is 26.4 Å². The number of hydrogen-bond acceptors (Lipinski definition) is 8. The van der Waals surface area contributed by atoms with Gasteiger partial charge in [-0.25, -0.2) is 17.8 Å². The summed E-state index contributed by atoms with van der Waals surface area (Å²) in [5, 5.41) is 3.49. The van der Waals surface area contributed by atoms with Crippen LogP contribution in [0.25, 0.3) is 11.1 Å². The lowest BCUT2D eigenvalue weighted by Gasteiger charge is -2.24. The molecule has 15 heteroatoms. The highest BCUT2D eigenvalue weighted by atomic mass is 32.2. The lowest BCUT2D eigenvalue weighted by atomic mass is 10.0. The average molecular weight is 595 g/mol. The van der Waals surface area contributed by atoms with Crippen LogP contribution in [-0.4, -0.2) is 44.4 Å². The first kappa shape index (κ1) is 29.3. The van der Waals surface area contributed by atoms with Crippen molar-refractivity contribution in [1.29, 1.82) is 0 Å². The van der Waals surface area contributed by atoms with Gasteiger partial charge in [0.15, 0.2) is 12.4 Å². The fourth-order valence-electron chi connectivity index (χ4n) is 3.69. The van der Waals surface area contributed by atoms with E-state index in [1.807, 2.05) is 0 Å². The summed E-state index contributed by atoms with van der Waals surface area (Å²) in [5.41, 5.74) is 0.141. The van der Waals surface area contributed by atoms with Crippen molar-refractivity contribution in [1.82, 2.24) is 10.1 Å². The molecule has 0 aliphatic carbocycles. The number of hydrogen-bond donors (Lipinski definition) is 1. The van der Waals surface area contributed by atoms with E-state index in [1.165, 1.54) is 61.9 Å². The molecule has 4 aromatic rings. The molecule has 0 bridgehead atoms. The second-order valence-corrected chi connectivity index (χ2v) is 10.0. The molecule has 1 N–H and O–H groups in total. The number of alkyl halides is 3. The average Bonchev–Trinajstić information content (AvgIpc) is 3.44. The molecule has 0 aliphatic rings. The van der Waals surface area contributed by atoms with Gasteiger partial charge >= 0.3 is 6.18 Å². The van der Waals surface area contributed by atoms with Gasteiger partial charge in [-0.3, -0.25) is 14.4 Å². The molecule has 10 nitrogen and oxygen atoms in total. The second-order valence-electron chi connectivity index (χ2n) is 8.36. The van der Waals surface area contributed by atoms with Gasteiger partial charge in [0.2, 0.25) is 5.91 Å². The third-order valence-electron chi connectivity index (χ3n) is 5.55. The number of pyridine rings is 1. The molecule has 2 heterocycles. The van der Waals surface area contributed by atoms with Gasteiger partial charge in [-0.1, -0.05) is 24.2 Å². The van der Waals surface area contributed by atoms with Crippen molar-refractivity contribution in [2.24, 2.45) is 0 Å². The summed E-state index contributed by atoms with van der Waals surface area (Å²) < 4.78 is 95.4. The smallest absolute Gasteiger partial charge is 0.422 e. The summed E-state index contributed by atoms with van der Waals surface area (Å²) in [6.45, 7) is 0.0539. The first-order valence-electron chi connectivity index (χ1n) is 11.8. The molecule has 4 rings (SSSR count). The highest BCUT2D eigenvalue weighted by molar-refractivity contribution is 7.92. The third kappa shape index (κ3) is 6.92. The summed E-state index contributed by atoms with van der Waals surface area (Å²) in [6, 6.07) is 11.5. The van der Waals surface area contributed by atoms with Crippen molar-refractivity contribution in [3.8, 4) is 22.6 Å². The lowest BCUT2D eigenvalue weighted by molar-refractivity contribution is -0.153. The van der Waals surface area contributed by atoms with Crippen LogP contribution in [0.5, 0.6) is 11.5 Å². The fraction of sp³-hybridized carbons (Fsp3) is 0.192. The van der Waals surface area contributed by atoms with Crippen molar-refractivity contribution in [2.75, 3.05) is 23.3 Å². The number of ether oxygens (including phenoxy) is 2. The Hall–Kier alpha value is -4.66. The standard InChI is InChI=1S/C26H22F4N4O6S/c1-3-25(35)34(24-8-7-18(14-31-24)41(36,37)33-23-9-10-40-32-23)21-13-20(27)19(12-22(21)38-2)16-5-4-6-17(11-16)39-15-26(28,29)30/h4-14H,3,15H2,1-2H3,(H,32,33). The maximum Gasteiger partial charge on any atom is 0.422 e. The van der Waals surface area contributed by atoms with E-state index >= 15 is 4.39 Å². The molecule has 2 aromatic heterocycles. The van der Waals surface area contributed by atoms with Crippen LogP contribution in [-0.2, 0) is 14.8 Å². The molecule has 0 spiro atoms. The molecule has 1 amide bonds. The van der Waals surface area contributed by atoms with Crippen LogP contribution in [0.2, 0.25) is 0 Å². The molecule has 41 heavy (non-hydrogen) atoms. The number of nitrogens with one attached hydrogen (secondary N) is 1. The van der Waals surface area contributed by atoms with Crippen LogP contribution < -0.4 is 19.1 Å². The lowest BCUT2D eigenvalue weighted by Crippen LogP contribution is -2.26. The number of halogens is 4. The van der Waals surface area contributed by atoms with Crippen LogP contribution in [0.15, 0.2) is 76.5 Å². The molecular formula is C26H22F4N4O6S. The molecule has 0 saturated carbocycles. The van der Waals surface area contributed by atoms with Gasteiger partial charge < -0.3 is 14.0 Å². The minimum Gasteiger partial charge on any atom is -0.495 e. The van der Waals surface area contributed by atoms with Gasteiger partial charge in [-0.2, -0.15) is 13.2 Å². The Morgan fingerprint density at radius 2 is 1.90 bits per heavy atom. The van der Waals surface area contributed by atoms with Crippen LogP contribution in [0.3, 0.4) is 0 Å². The number of rotatable bonds is 10. The molecule has 0 unspecified atom stereocenters. The highest BCUT2D eigenvalue weighted by Crippen LogP contribution is 2.39. The molecule has 0 saturated heterocycles. The normalized spacial score (nSPS) is 11.7. The number of carbonyl (C=O) groups excluding carboxylic acids is 1. The Bertz CT molecular complexity index is 1630. The van der Waals surface area contributed by atoms with Gasteiger partial charge in [-0.05, 0) is 35.9 Å². The van der Waals surface area contributed by atoms with E-state index in [0.717, 1.165) is 17.2 Å². The quantitative estimate of drug-likeness (QED) is 0.232. The molecule has 0 aliphatic heterocycles. The van der Waals surface area contributed by atoms with Crippen LogP contribution in [0.4, 0.5) is 34.9 Å². The zero-order valence-corrected chi connectivity index (χ0v) is 22.3. The van der Waals surface area contributed by atoms with Gasteiger partial charge in [0.05, 0.1) is 12.8 Å². The molecule has 0 radical (unpaired) electrons. The number of anilines is 3. The summed E-state index contributed by atoms with van der Waals surface area (Å²) in [5.74, 6) is -1.49. The number of methoxy groups -OCH3 is 1. The maximum atomic E-state index is 15.5. The fourth-order valence-corrected chi connectivity index (χ4v) is 4.63. The molecule has 0 atom stereocenters. The Kier molecular flexibility index (Phi) is 8.47. The van der Waals surface area contributed by atoms with Crippen LogP contribution in [0.1, 0.15) is 13.3 Å². The van der Waals surface area contributed by atoms with Gasteiger partial charge in [0.1, 0.15) is 34.3 Å². The predicted octanol–water partition coefficient (Wildman–Crippen LogP) is 5.70. The largest absolute Gasteiger partial charge is 0.495 e. The van der Waals surface area contributed by atoms with Crippen LogP contribution in [0, 0.1) is 5.82 Å². The van der Waals surface area contributed by atoms with E-state index in [2.05, 4.69) is 19.4 Å². The molecule has 0 fully saturated rings. The van der Waals surface area contributed by atoms with E-state index in [4.69, 9.17) is 9.47 Å². The molecule has 2 aromatic carbocycles. The van der Waals surface area contributed by atoms with Gasteiger partial charge in [0.25, 0.3) is 10.0 Å². The number of benzene rings is 2. The van der Waals surface area contributed by atoms with Crippen molar-refractivity contribution >= 4 is 33.3 Å². The van der Waals surface area contributed by atoms with Crippen molar-refractivity contribution in [3.05, 3.63) is 72.9 Å². The van der Waals surface area contributed by atoms with Gasteiger partial charge in [-0.15, -0.1) is 0 Å². The van der Waals surface area contributed by atoms with Gasteiger partial charge in [0, 0.05) is 30.3 Å². The number of aromatic nitrogens is 2. The zero-order chi connectivity index (χ0) is 29.8. The summed E-state index contributed by atoms with van der Waals surface area (Å²) >= 11 is 0. The Morgan fingerprint density at radius 1 is 1.12 bits per heavy atom. The SMILES string of the molecule is CCC(=O)N(c1ccc(S(=O)(=O)Nc2ccon2)cn1)c1cc(F)c(-c2cccc(OCC(F)(F)F)c2)cc1OC. The van der Waals surface area contributed by atoms with Crippen molar-refractivity contribution < 1.29 is 44.8 Å². The summed E-state index contributed by atoms with van der Waals surface area (Å²) in [7, 11) is -2.80. The predicted molar refractivity (Wildman–Crippen MR) is 139 cm³/mol. The Balaban J connectivity index is 1.69. The number of amides is 1. The number of carbonyl (C=O) groups is 1. The summed E-state index contributed by atoms with van der Waals surface area (Å²) in [6.07, 6.45) is -2.38. The van der Waals surface area contributed by atoms with Crippen molar-refractivity contribution in [2.45, 2.75) is 24.4 Å².